The van der Waals surface area contributed by atoms with E-state index in [0.29, 0.717) is 13.3 Å². The van der Waals surface area contributed by atoms with Gasteiger partial charge >= 0.3 is 0 Å². The molecule has 0 unspecified atom stereocenters. The van der Waals surface area contributed by atoms with Crippen molar-refractivity contribution in [3.05, 3.63) is 53.6 Å². The molecule has 2 aromatic rings. The molecule has 1 heterocycles. The zero-order valence-corrected chi connectivity index (χ0v) is 8.89. The summed E-state index contributed by atoms with van der Waals surface area (Å²) in [4.78, 5) is 3.92. The number of imidazole rings is 1. The van der Waals surface area contributed by atoms with Gasteiger partial charge in [0.2, 0.25) is 0 Å². The molecule has 0 saturated carbocycles. The quantitative estimate of drug-likeness (QED) is 0.796. The van der Waals surface area contributed by atoms with E-state index >= 15 is 0 Å². The number of rotatable bonds is 4. The Balaban J connectivity index is 1.86. The zero-order valence-electron chi connectivity index (χ0n) is 8.14. The first kappa shape index (κ1) is 10.2. The molecule has 0 bridgehead atoms. The van der Waals surface area contributed by atoms with Gasteiger partial charge in [-0.15, -0.1) is 0 Å². The van der Waals surface area contributed by atoms with Crippen LogP contribution in [0.3, 0.4) is 0 Å². The van der Waals surface area contributed by atoms with E-state index in [1.54, 1.807) is 12.5 Å². The van der Waals surface area contributed by atoms with Crippen molar-refractivity contribution < 1.29 is 4.74 Å². The fourth-order valence-electron chi connectivity index (χ4n) is 1.24. The van der Waals surface area contributed by atoms with Gasteiger partial charge in [0.15, 0.2) is 0 Å². The molecule has 1 aromatic carbocycles. The molecule has 0 spiro atoms. The van der Waals surface area contributed by atoms with Gasteiger partial charge in [0.1, 0.15) is 6.73 Å². The first-order chi connectivity index (χ1) is 7.36. The van der Waals surface area contributed by atoms with Crippen LogP contribution in [0.5, 0.6) is 0 Å². The largest absolute Gasteiger partial charge is 0.356 e. The van der Waals surface area contributed by atoms with Gasteiger partial charge in [-0.25, -0.2) is 4.98 Å². The second-order valence-corrected chi connectivity index (χ2v) is 3.55. The maximum atomic E-state index is 5.99. The minimum absolute atomic E-state index is 0.491. The van der Waals surface area contributed by atoms with Crippen LogP contribution in [0.4, 0.5) is 0 Å². The van der Waals surface area contributed by atoms with E-state index in [9.17, 15) is 0 Å². The number of aromatic nitrogens is 2. The van der Waals surface area contributed by atoms with Crippen molar-refractivity contribution in [3.63, 3.8) is 0 Å². The van der Waals surface area contributed by atoms with Gasteiger partial charge in [-0.3, -0.25) is 0 Å². The fourth-order valence-corrected chi connectivity index (χ4v) is 1.43. The van der Waals surface area contributed by atoms with Crippen LogP contribution >= 0.6 is 11.6 Å². The first-order valence-electron chi connectivity index (χ1n) is 4.63. The molecule has 0 saturated heterocycles. The van der Waals surface area contributed by atoms with Crippen molar-refractivity contribution in [3.8, 4) is 0 Å². The minimum atomic E-state index is 0.491. The molecule has 4 heteroatoms. The van der Waals surface area contributed by atoms with Crippen molar-refractivity contribution in [1.29, 1.82) is 0 Å². The van der Waals surface area contributed by atoms with Crippen LogP contribution < -0.4 is 0 Å². The van der Waals surface area contributed by atoms with Crippen LogP contribution in [-0.2, 0) is 18.1 Å². The average Bonchev–Trinajstić information content (AvgIpc) is 2.74. The van der Waals surface area contributed by atoms with E-state index in [2.05, 4.69) is 4.98 Å². The summed E-state index contributed by atoms with van der Waals surface area (Å²) in [5.74, 6) is 0. The Kier molecular flexibility index (Phi) is 3.37. The fraction of sp³-hybridized carbons (Fsp3) is 0.182. The van der Waals surface area contributed by atoms with E-state index in [1.807, 2.05) is 35.0 Å². The van der Waals surface area contributed by atoms with Gasteiger partial charge in [-0.05, 0) is 11.6 Å². The third-order valence-electron chi connectivity index (χ3n) is 2.01. The molecule has 15 heavy (non-hydrogen) atoms. The lowest BCUT2D eigenvalue weighted by Crippen LogP contribution is -2.00. The number of ether oxygens (including phenoxy) is 1. The second kappa shape index (κ2) is 4.96. The molecular weight excluding hydrogens is 212 g/mol. The number of halogens is 1. The summed E-state index contributed by atoms with van der Waals surface area (Å²) in [6.45, 7) is 1.00. The normalized spacial score (nSPS) is 10.5. The smallest absolute Gasteiger partial charge is 0.124 e. The van der Waals surface area contributed by atoms with Crippen LogP contribution in [0.1, 0.15) is 5.56 Å². The van der Waals surface area contributed by atoms with Crippen LogP contribution in [0.15, 0.2) is 43.0 Å². The Morgan fingerprint density at radius 3 is 2.93 bits per heavy atom. The maximum Gasteiger partial charge on any atom is 0.124 e. The molecule has 1 aromatic heterocycles. The monoisotopic (exact) mass is 222 g/mol. The predicted molar refractivity (Wildman–Crippen MR) is 58.5 cm³/mol. The highest BCUT2D eigenvalue weighted by Gasteiger charge is 1.98. The summed E-state index contributed by atoms with van der Waals surface area (Å²) < 4.78 is 7.34. The molecule has 0 aliphatic carbocycles. The van der Waals surface area contributed by atoms with Crippen molar-refractivity contribution in [2.45, 2.75) is 13.3 Å². The lowest BCUT2D eigenvalue weighted by Gasteiger charge is -2.06. The van der Waals surface area contributed by atoms with Gasteiger partial charge < -0.3 is 9.30 Å². The first-order valence-corrected chi connectivity index (χ1v) is 5.01. The second-order valence-electron chi connectivity index (χ2n) is 3.15. The summed E-state index contributed by atoms with van der Waals surface area (Å²) in [6, 6.07) is 7.66. The number of nitrogens with zero attached hydrogens (tertiary/aromatic N) is 2. The SMILES string of the molecule is Clc1ccccc1COCn1ccnc1. The molecule has 0 fully saturated rings. The van der Waals surface area contributed by atoms with E-state index < -0.39 is 0 Å². The maximum absolute atomic E-state index is 5.99. The third kappa shape index (κ3) is 2.81. The Morgan fingerprint density at radius 2 is 2.20 bits per heavy atom. The highest BCUT2D eigenvalue weighted by molar-refractivity contribution is 6.31. The summed E-state index contributed by atoms with van der Waals surface area (Å²) in [6.07, 6.45) is 5.29. The van der Waals surface area contributed by atoms with Crippen LogP contribution in [0.25, 0.3) is 0 Å². The van der Waals surface area contributed by atoms with Gasteiger partial charge in [0.25, 0.3) is 0 Å². The standard InChI is InChI=1S/C11H11ClN2O/c12-11-4-2-1-3-10(11)7-15-9-14-6-5-13-8-14/h1-6,8H,7,9H2. The molecule has 0 aliphatic rings. The summed E-state index contributed by atoms with van der Waals surface area (Å²) in [7, 11) is 0. The number of hydrogen-bond acceptors (Lipinski definition) is 2. The molecule has 0 N–H and O–H groups in total. The molecule has 0 atom stereocenters. The zero-order chi connectivity index (χ0) is 10.5. The van der Waals surface area contributed by atoms with E-state index in [0.717, 1.165) is 10.6 Å². The lowest BCUT2D eigenvalue weighted by molar-refractivity contribution is 0.0640. The van der Waals surface area contributed by atoms with E-state index in [4.69, 9.17) is 16.3 Å². The van der Waals surface area contributed by atoms with Crippen LogP contribution in [0, 0.1) is 0 Å². The van der Waals surface area contributed by atoms with Crippen LogP contribution in [0.2, 0.25) is 5.02 Å². The summed E-state index contributed by atoms with van der Waals surface area (Å²) in [5, 5.41) is 0.739. The van der Waals surface area contributed by atoms with Gasteiger partial charge in [0.05, 0.1) is 12.9 Å². The predicted octanol–water partition coefficient (Wildman–Crippen LogP) is 2.71. The van der Waals surface area contributed by atoms with Crippen molar-refractivity contribution in [2.75, 3.05) is 0 Å². The van der Waals surface area contributed by atoms with Gasteiger partial charge in [-0.2, -0.15) is 0 Å². The molecule has 78 valence electrons. The topological polar surface area (TPSA) is 27.1 Å². The molecule has 2 rings (SSSR count). The minimum Gasteiger partial charge on any atom is -0.356 e. The van der Waals surface area contributed by atoms with E-state index in [-0.39, 0.29) is 0 Å². The van der Waals surface area contributed by atoms with Crippen molar-refractivity contribution in [1.82, 2.24) is 9.55 Å². The highest BCUT2D eigenvalue weighted by atomic mass is 35.5. The molecule has 0 amide bonds. The Hall–Kier alpha value is -1.32. The molecule has 0 radical (unpaired) electrons. The number of hydrogen-bond donors (Lipinski definition) is 0. The van der Waals surface area contributed by atoms with Crippen LogP contribution in [-0.4, -0.2) is 9.55 Å². The average molecular weight is 223 g/mol. The van der Waals surface area contributed by atoms with Gasteiger partial charge in [-0.1, -0.05) is 29.8 Å². The Morgan fingerprint density at radius 1 is 1.33 bits per heavy atom. The highest BCUT2D eigenvalue weighted by Crippen LogP contribution is 2.15. The molecular formula is C11H11ClN2O. The summed E-state index contributed by atoms with van der Waals surface area (Å²) in [5.41, 5.74) is 0.999. The molecule has 3 nitrogen and oxygen atoms in total. The van der Waals surface area contributed by atoms with Gasteiger partial charge in [0, 0.05) is 17.4 Å². The lowest BCUT2D eigenvalue weighted by atomic mass is 10.2. The Labute approximate surface area is 93.3 Å². The van der Waals surface area contributed by atoms with Crippen molar-refractivity contribution in [2.24, 2.45) is 0 Å². The Bertz CT molecular complexity index is 414. The van der Waals surface area contributed by atoms with E-state index in [1.165, 1.54) is 0 Å². The third-order valence-corrected chi connectivity index (χ3v) is 2.38. The molecule has 0 aliphatic heterocycles. The summed E-state index contributed by atoms with van der Waals surface area (Å²) >= 11 is 5.99. The number of benzene rings is 1. The van der Waals surface area contributed by atoms with Crippen molar-refractivity contribution >= 4 is 11.6 Å².